The maximum atomic E-state index is 11.1. The Hall–Kier alpha value is -2.31. The summed E-state index contributed by atoms with van der Waals surface area (Å²) in [6.45, 7) is 2.42. The molecule has 2 fully saturated rings. The lowest BCUT2D eigenvalue weighted by atomic mass is 9.58. The van der Waals surface area contributed by atoms with Crippen molar-refractivity contribution in [2.75, 3.05) is 14.1 Å². The molecule has 3 aliphatic carbocycles. The van der Waals surface area contributed by atoms with Gasteiger partial charge in [0.15, 0.2) is 0 Å². The number of likely N-dealkylation sites (N-methyl/N-ethyl adjacent to an activating group) is 1. The van der Waals surface area contributed by atoms with Crippen molar-refractivity contribution in [3.05, 3.63) is 71.6 Å². The molecule has 1 saturated heterocycles. The monoisotopic (exact) mass is 470 g/mol. The second kappa shape index (κ2) is 7.13. The van der Waals surface area contributed by atoms with Crippen LogP contribution in [0.2, 0.25) is 0 Å². The first-order valence-electron chi connectivity index (χ1n) is 13.0. The third kappa shape index (κ3) is 2.76. The van der Waals surface area contributed by atoms with Gasteiger partial charge >= 0.3 is 0 Å². The Morgan fingerprint density at radius 1 is 1.09 bits per heavy atom. The van der Waals surface area contributed by atoms with Crippen LogP contribution >= 0.6 is 0 Å². The van der Waals surface area contributed by atoms with Gasteiger partial charge in [-0.25, -0.2) is 0 Å². The summed E-state index contributed by atoms with van der Waals surface area (Å²) in [6, 6.07) is 8.69. The number of allylic oxidation sites excluding steroid dienone is 3. The molecule has 5 aliphatic rings. The number of ether oxygens (including phenoxy) is 1. The van der Waals surface area contributed by atoms with Gasteiger partial charge in [-0.1, -0.05) is 37.3 Å². The van der Waals surface area contributed by atoms with Gasteiger partial charge in [0.25, 0.3) is 0 Å². The highest BCUT2D eigenvalue weighted by Gasteiger charge is 2.67. The van der Waals surface area contributed by atoms with E-state index in [0.29, 0.717) is 5.92 Å². The highest BCUT2D eigenvalue weighted by atomic mass is 16.5. The predicted octanol–water partition coefficient (Wildman–Crippen LogP) is 4.26. The lowest BCUT2D eigenvalue weighted by Crippen LogP contribution is -2.61. The molecule has 3 heterocycles. The van der Waals surface area contributed by atoms with Crippen molar-refractivity contribution in [1.82, 2.24) is 9.88 Å². The minimum Gasteiger partial charge on any atom is -0.388 e. The number of benzene rings is 1. The van der Waals surface area contributed by atoms with Gasteiger partial charge in [0, 0.05) is 35.2 Å². The number of hydrogen-bond acceptors (Lipinski definition) is 5. The summed E-state index contributed by atoms with van der Waals surface area (Å²) in [6.07, 6.45) is 13.7. The predicted molar refractivity (Wildman–Crippen MR) is 137 cm³/mol. The van der Waals surface area contributed by atoms with E-state index in [0.717, 1.165) is 37.7 Å². The summed E-state index contributed by atoms with van der Waals surface area (Å²) < 4.78 is 7.24. The molecule has 7 atom stereocenters. The molecule has 1 unspecified atom stereocenters. The zero-order chi connectivity index (χ0) is 24.2. The van der Waals surface area contributed by atoms with Crippen LogP contribution in [0.1, 0.15) is 44.6 Å². The average molecular weight is 471 g/mol. The van der Waals surface area contributed by atoms with Crippen LogP contribution in [-0.2, 0) is 4.74 Å². The summed E-state index contributed by atoms with van der Waals surface area (Å²) >= 11 is 0. The van der Waals surface area contributed by atoms with Crippen LogP contribution in [0.3, 0.4) is 0 Å². The summed E-state index contributed by atoms with van der Waals surface area (Å²) in [5, 5.41) is 24.4. The van der Waals surface area contributed by atoms with Gasteiger partial charge in [0.2, 0.25) is 0 Å². The number of rotatable bonds is 2. The molecule has 2 aromatic rings. The Balaban J connectivity index is 1.30. The number of aliphatic hydroxyl groups excluding tert-OH is 2. The molecule has 7 rings (SSSR count). The average Bonchev–Trinajstić information content (AvgIpc) is 3.37. The number of nitrogens with zero attached hydrogens (tertiary/aromatic N) is 2. The molecule has 5 heteroatoms. The first-order chi connectivity index (χ1) is 16.8. The first kappa shape index (κ1) is 21.9. The van der Waals surface area contributed by atoms with E-state index in [2.05, 4.69) is 54.4 Å². The molecule has 2 spiro atoms. The zero-order valence-corrected chi connectivity index (χ0v) is 20.7. The van der Waals surface area contributed by atoms with Crippen LogP contribution in [0.15, 0.2) is 66.0 Å². The van der Waals surface area contributed by atoms with E-state index in [1.54, 1.807) is 0 Å². The molecule has 2 N–H and O–H groups in total. The normalized spacial score (nSPS) is 41.7. The summed E-state index contributed by atoms with van der Waals surface area (Å²) in [7, 11) is 3.96. The van der Waals surface area contributed by atoms with Crippen molar-refractivity contribution in [3.8, 4) is 0 Å². The fraction of sp³-hybridized carbons (Fsp3) is 0.500. The van der Waals surface area contributed by atoms with Crippen molar-refractivity contribution >= 4 is 16.3 Å². The van der Waals surface area contributed by atoms with Crippen molar-refractivity contribution < 1.29 is 14.9 Å². The second-order valence-electron chi connectivity index (χ2n) is 11.9. The summed E-state index contributed by atoms with van der Waals surface area (Å²) in [4.78, 5) is 6.37. The topological polar surface area (TPSA) is 65.8 Å². The Morgan fingerprint density at radius 3 is 2.77 bits per heavy atom. The first-order valence-corrected chi connectivity index (χ1v) is 13.0. The highest BCUT2D eigenvalue weighted by molar-refractivity contribution is 5.87. The van der Waals surface area contributed by atoms with Gasteiger partial charge in [0.05, 0.1) is 17.3 Å². The fourth-order valence-electron chi connectivity index (χ4n) is 8.20. The van der Waals surface area contributed by atoms with Gasteiger partial charge < -0.3 is 19.8 Å². The van der Waals surface area contributed by atoms with Crippen LogP contribution in [-0.4, -0.2) is 63.6 Å². The summed E-state index contributed by atoms with van der Waals surface area (Å²) in [5.74, 6) is 0.355. The van der Waals surface area contributed by atoms with E-state index in [1.807, 2.05) is 31.4 Å². The van der Waals surface area contributed by atoms with Crippen molar-refractivity contribution in [2.24, 2.45) is 11.3 Å². The molecule has 0 amide bonds. The van der Waals surface area contributed by atoms with Crippen LogP contribution in [0.5, 0.6) is 0 Å². The maximum absolute atomic E-state index is 11.1. The molecule has 2 bridgehead atoms. The largest absolute Gasteiger partial charge is 0.388 e. The van der Waals surface area contributed by atoms with Gasteiger partial charge in [-0.2, -0.15) is 0 Å². The number of pyridine rings is 1. The quantitative estimate of drug-likeness (QED) is 0.687. The molecule has 5 nitrogen and oxygen atoms in total. The maximum Gasteiger partial charge on any atom is 0.105 e. The Labute approximate surface area is 206 Å². The molecule has 2 aliphatic heterocycles. The van der Waals surface area contributed by atoms with Crippen LogP contribution in [0, 0.1) is 11.3 Å². The van der Waals surface area contributed by atoms with Crippen LogP contribution < -0.4 is 0 Å². The van der Waals surface area contributed by atoms with Crippen molar-refractivity contribution in [2.45, 2.75) is 68.5 Å². The molecule has 1 aromatic heterocycles. The molecular weight excluding hydrogens is 436 g/mol. The number of fused-ring (bicyclic) bond motifs is 2. The summed E-state index contributed by atoms with van der Waals surface area (Å²) in [5.41, 5.74) is 3.99. The van der Waals surface area contributed by atoms with E-state index in [-0.39, 0.29) is 17.1 Å². The van der Waals surface area contributed by atoms with Crippen LogP contribution in [0.25, 0.3) is 16.3 Å². The van der Waals surface area contributed by atoms with Gasteiger partial charge in [-0.15, -0.1) is 0 Å². The molecule has 1 saturated carbocycles. The number of hydrogen-bond donors (Lipinski definition) is 2. The molecule has 35 heavy (non-hydrogen) atoms. The third-order valence-electron chi connectivity index (χ3n) is 10.0. The number of aromatic nitrogens is 1. The van der Waals surface area contributed by atoms with Crippen molar-refractivity contribution in [1.29, 1.82) is 0 Å². The van der Waals surface area contributed by atoms with E-state index in [9.17, 15) is 10.2 Å². The minimum atomic E-state index is -0.884. The molecule has 1 aromatic carbocycles. The smallest absolute Gasteiger partial charge is 0.105 e. The molecular formula is C30H34N2O3. The standard InChI is InChI=1S/C30H34N2O3/c1-28-10-8-21-15-23-26(33)27(34)24(32(2)3)16-29(23)11-12-30(21,35-29)25(28)7-6-22(28)19-5-4-18-9-13-31-17-20(18)14-19/h4-6,8-9,13-15,17,24-27,33-34H,7,10-12,16H2,1-3H3/t24-,25+,26+,27+,28+,29?,30+/m0/s1. The minimum absolute atomic E-state index is 0.00992. The van der Waals surface area contributed by atoms with Crippen molar-refractivity contribution in [3.63, 3.8) is 0 Å². The van der Waals surface area contributed by atoms with E-state index in [4.69, 9.17) is 4.74 Å². The Kier molecular flexibility index (Phi) is 4.47. The Morgan fingerprint density at radius 2 is 1.94 bits per heavy atom. The fourth-order valence-corrected chi connectivity index (χ4v) is 8.20. The van der Waals surface area contributed by atoms with E-state index < -0.39 is 17.8 Å². The van der Waals surface area contributed by atoms with Crippen LogP contribution in [0.4, 0.5) is 0 Å². The zero-order valence-electron chi connectivity index (χ0n) is 20.7. The lowest BCUT2D eigenvalue weighted by Gasteiger charge is -2.55. The van der Waals surface area contributed by atoms with Gasteiger partial charge in [0.1, 0.15) is 6.10 Å². The Bertz CT molecular complexity index is 1330. The lowest BCUT2D eigenvalue weighted by molar-refractivity contribution is -0.161. The highest BCUT2D eigenvalue weighted by Crippen LogP contribution is 2.67. The van der Waals surface area contributed by atoms with E-state index in [1.165, 1.54) is 27.5 Å². The van der Waals surface area contributed by atoms with Gasteiger partial charge in [-0.05, 0) is 86.0 Å². The SMILES string of the molecule is CN(C)[C@H]1CC23CC[C@@]4(O2)C(=CC[C@]2(C)C(c5ccc6ccncc6c5)=CC[C@H]24)C=C3[C@@H](O)[C@@H]1O. The number of aliphatic hydroxyl groups is 2. The molecule has 182 valence electrons. The van der Waals surface area contributed by atoms with E-state index >= 15 is 0 Å². The second-order valence-corrected chi connectivity index (χ2v) is 11.9. The third-order valence-corrected chi connectivity index (χ3v) is 10.0. The molecule has 0 radical (unpaired) electrons. The van der Waals surface area contributed by atoms with Gasteiger partial charge in [-0.3, -0.25) is 4.98 Å².